The van der Waals surface area contributed by atoms with Gasteiger partial charge in [0.25, 0.3) is 5.91 Å². The average Bonchev–Trinajstić information content (AvgIpc) is 2.56. The first-order valence-electron chi connectivity index (χ1n) is 7.34. The van der Waals surface area contributed by atoms with Gasteiger partial charge in [-0.1, -0.05) is 12.1 Å². The number of halogens is 1. The van der Waals surface area contributed by atoms with Gasteiger partial charge in [-0.25, -0.2) is 4.39 Å². The fourth-order valence-corrected chi connectivity index (χ4v) is 2.04. The van der Waals surface area contributed by atoms with E-state index in [2.05, 4.69) is 5.32 Å². The summed E-state index contributed by atoms with van der Waals surface area (Å²) in [6, 6.07) is 10.9. The van der Waals surface area contributed by atoms with E-state index in [1.165, 1.54) is 24.1 Å². The monoisotopic (exact) mass is 330 g/mol. The van der Waals surface area contributed by atoms with Crippen LogP contribution in [-0.4, -0.2) is 37.9 Å². The van der Waals surface area contributed by atoms with Crippen LogP contribution in [0.2, 0.25) is 0 Å². The van der Waals surface area contributed by atoms with Gasteiger partial charge in [0.05, 0.1) is 19.1 Å². The second-order valence-electron chi connectivity index (χ2n) is 5.46. The zero-order chi connectivity index (χ0) is 17.7. The fraction of sp³-hybridized carbons (Fsp3) is 0.222. The molecule has 0 unspecified atom stereocenters. The fourth-order valence-electron chi connectivity index (χ4n) is 2.04. The maximum Gasteiger partial charge on any atom is 0.258 e. The molecule has 0 radical (unpaired) electrons. The van der Waals surface area contributed by atoms with Gasteiger partial charge in [-0.2, -0.15) is 0 Å². The van der Waals surface area contributed by atoms with Crippen molar-refractivity contribution in [2.24, 2.45) is 0 Å². The lowest BCUT2D eigenvalue weighted by Gasteiger charge is -2.11. The number of methoxy groups -OCH3 is 1. The Morgan fingerprint density at radius 2 is 1.79 bits per heavy atom. The van der Waals surface area contributed by atoms with E-state index in [0.29, 0.717) is 11.4 Å². The molecule has 0 aliphatic carbocycles. The zero-order valence-electron chi connectivity index (χ0n) is 13.8. The van der Waals surface area contributed by atoms with Gasteiger partial charge >= 0.3 is 0 Å². The van der Waals surface area contributed by atoms with Gasteiger partial charge in [-0.15, -0.1) is 0 Å². The van der Waals surface area contributed by atoms with E-state index in [0.717, 1.165) is 11.6 Å². The summed E-state index contributed by atoms with van der Waals surface area (Å²) < 4.78 is 18.8. The van der Waals surface area contributed by atoms with Crippen LogP contribution in [-0.2, 0) is 11.2 Å². The summed E-state index contributed by atoms with van der Waals surface area (Å²) in [4.78, 5) is 25.3. The van der Waals surface area contributed by atoms with Crippen molar-refractivity contribution in [2.75, 3.05) is 26.5 Å². The van der Waals surface area contributed by atoms with Gasteiger partial charge in [-0.05, 0) is 29.8 Å². The van der Waals surface area contributed by atoms with E-state index >= 15 is 0 Å². The van der Waals surface area contributed by atoms with Gasteiger partial charge < -0.3 is 15.0 Å². The second kappa shape index (κ2) is 7.59. The Morgan fingerprint density at radius 1 is 1.12 bits per heavy atom. The van der Waals surface area contributed by atoms with Crippen LogP contribution in [0.5, 0.6) is 5.75 Å². The van der Waals surface area contributed by atoms with Crippen molar-refractivity contribution in [3.05, 3.63) is 59.4 Å². The Bertz CT molecular complexity index is 742. The molecule has 0 atom stereocenters. The van der Waals surface area contributed by atoms with Crippen LogP contribution >= 0.6 is 0 Å². The van der Waals surface area contributed by atoms with Crippen LogP contribution in [0.25, 0.3) is 0 Å². The molecular formula is C18H19FN2O3. The lowest BCUT2D eigenvalue weighted by molar-refractivity contribution is -0.127. The minimum absolute atomic E-state index is 0.00732. The number of rotatable bonds is 5. The third-order valence-electron chi connectivity index (χ3n) is 3.49. The minimum atomic E-state index is -0.653. The van der Waals surface area contributed by atoms with Crippen molar-refractivity contribution >= 4 is 17.5 Å². The Hall–Kier alpha value is -2.89. The number of amides is 2. The summed E-state index contributed by atoms with van der Waals surface area (Å²) in [5.74, 6) is -0.863. The lowest BCUT2D eigenvalue weighted by Crippen LogP contribution is -2.23. The molecule has 24 heavy (non-hydrogen) atoms. The molecule has 6 heteroatoms. The smallest absolute Gasteiger partial charge is 0.258 e. The van der Waals surface area contributed by atoms with E-state index in [-0.39, 0.29) is 17.9 Å². The molecule has 0 bridgehead atoms. The highest BCUT2D eigenvalue weighted by Crippen LogP contribution is 2.18. The number of hydrogen-bond donors (Lipinski definition) is 1. The van der Waals surface area contributed by atoms with E-state index in [4.69, 9.17) is 4.74 Å². The maximum atomic E-state index is 13.9. The maximum absolute atomic E-state index is 13.9. The summed E-state index contributed by atoms with van der Waals surface area (Å²) in [5, 5.41) is 2.62. The third kappa shape index (κ3) is 4.32. The highest BCUT2D eigenvalue weighted by molar-refractivity contribution is 6.04. The van der Waals surface area contributed by atoms with Crippen molar-refractivity contribution < 1.29 is 18.7 Å². The van der Waals surface area contributed by atoms with E-state index < -0.39 is 11.7 Å². The molecule has 126 valence electrons. The Morgan fingerprint density at radius 3 is 2.33 bits per heavy atom. The number of nitrogens with zero attached hydrogens (tertiary/aromatic N) is 1. The second-order valence-corrected chi connectivity index (χ2v) is 5.46. The molecule has 1 N–H and O–H groups in total. The van der Waals surface area contributed by atoms with Crippen molar-refractivity contribution in [2.45, 2.75) is 6.42 Å². The molecular weight excluding hydrogens is 311 g/mol. The summed E-state index contributed by atoms with van der Waals surface area (Å²) in [6.07, 6.45) is 0.286. The van der Waals surface area contributed by atoms with Crippen LogP contribution < -0.4 is 10.1 Å². The third-order valence-corrected chi connectivity index (χ3v) is 3.49. The number of nitrogens with one attached hydrogen (secondary N) is 1. The van der Waals surface area contributed by atoms with E-state index in [1.807, 2.05) is 0 Å². The molecule has 5 nitrogen and oxygen atoms in total. The Kier molecular flexibility index (Phi) is 5.52. The normalized spacial score (nSPS) is 10.2. The molecule has 0 heterocycles. The van der Waals surface area contributed by atoms with Gasteiger partial charge in [0.2, 0.25) is 5.91 Å². The van der Waals surface area contributed by atoms with Crippen LogP contribution in [0.3, 0.4) is 0 Å². The molecule has 0 saturated heterocycles. The number of ether oxygens (including phenoxy) is 1. The summed E-state index contributed by atoms with van der Waals surface area (Å²) >= 11 is 0. The highest BCUT2D eigenvalue weighted by Gasteiger charge is 2.13. The first kappa shape index (κ1) is 17.5. The number of benzene rings is 2. The predicted octanol–water partition coefficient (Wildman–Crippen LogP) is 2.72. The molecule has 2 aromatic carbocycles. The molecule has 0 aliphatic heterocycles. The standard InChI is InChI=1S/C18H19FN2O3/c1-21(2)17(22)10-12-4-6-13(7-5-12)20-18(23)15-9-8-14(24-3)11-16(15)19/h4-9,11H,10H2,1-3H3,(H,20,23). The zero-order valence-corrected chi connectivity index (χ0v) is 13.8. The van der Waals surface area contributed by atoms with Crippen molar-refractivity contribution in [3.63, 3.8) is 0 Å². The average molecular weight is 330 g/mol. The number of carbonyl (C=O) groups excluding carboxylic acids is 2. The van der Waals surface area contributed by atoms with Gasteiger partial charge in [0.15, 0.2) is 0 Å². The van der Waals surface area contributed by atoms with Crippen LogP contribution in [0, 0.1) is 5.82 Å². The first-order chi connectivity index (χ1) is 11.4. The van der Waals surface area contributed by atoms with Crippen LogP contribution in [0.4, 0.5) is 10.1 Å². The SMILES string of the molecule is COc1ccc(C(=O)Nc2ccc(CC(=O)N(C)C)cc2)c(F)c1. The number of anilines is 1. The number of likely N-dealkylation sites (N-methyl/N-ethyl adjacent to an activating group) is 1. The molecule has 0 spiro atoms. The largest absolute Gasteiger partial charge is 0.497 e. The number of hydrogen-bond acceptors (Lipinski definition) is 3. The lowest BCUT2D eigenvalue weighted by atomic mass is 10.1. The quantitative estimate of drug-likeness (QED) is 0.917. The Labute approximate surface area is 140 Å². The van der Waals surface area contributed by atoms with Crippen LogP contribution in [0.1, 0.15) is 15.9 Å². The van der Waals surface area contributed by atoms with E-state index in [9.17, 15) is 14.0 Å². The molecule has 0 aliphatic rings. The molecule has 0 aromatic heterocycles. The van der Waals surface area contributed by atoms with E-state index in [1.54, 1.807) is 38.4 Å². The summed E-state index contributed by atoms with van der Waals surface area (Å²) in [5.41, 5.74) is 1.29. The van der Waals surface area contributed by atoms with Gasteiger partial charge in [0, 0.05) is 25.8 Å². The minimum Gasteiger partial charge on any atom is -0.497 e. The first-order valence-corrected chi connectivity index (χ1v) is 7.34. The molecule has 0 saturated carbocycles. The summed E-state index contributed by atoms with van der Waals surface area (Å²) in [7, 11) is 4.82. The Balaban J connectivity index is 2.05. The molecule has 2 amide bonds. The van der Waals surface area contributed by atoms with Gasteiger partial charge in [-0.3, -0.25) is 9.59 Å². The molecule has 2 rings (SSSR count). The number of carbonyl (C=O) groups is 2. The van der Waals surface area contributed by atoms with Crippen molar-refractivity contribution in [3.8, 4) is 5.75 Å². The summed E-state index contributed by atoms with van der Waals surface area (Å²) in [6.45, 7) is 0. The van der Waals surface area contributed by atoms with Crippen molar-refractivity contribution in [1.82, 2.24) is 4.90 Å². The molecule has 0 fully saturated rings. The van der Waals surface area contributed by atoms with Gasteiger partial charge in [0.1, 0.15) is 11.6 Å². The predicted molar refractivity (Wildman–Crippen MR) is 89.7 cm³/mol. The highest BCUT2D eigenvalue weighted by atomic mass is 19.1. The topological polar surface area (TPSA) is 58.6 Å². The van der Waals surface area contributed by atoms with Crippen LogP contribution in [0.15, 0.2) is 42.5 Å². The molecule has 2 aromatic rings. The van der Waals surface area contributed by atoms with Crippen molar-refractivity contribution in [1.29, 1.82) is 0 Å².